The van der Waals surface area contributed by atoms with Gasteiger partial charge in [-0.1, -0.05) is 41.9 Å². The number of benzene rings is 2. The normalized spacial score (nSPS) is 18.1. The molecular weight excluding hydrogens is 558 g/mol. The van der Waals surface area contributed by atoms with E-state index in [1.54, 1.807) is 18.2 Å². The molecule has 2 fully saturated rings. The van der Waals surface area contributed by atoms with E-state index in [9.17, 15) is 22.8 Å². The molecule has 1 saturated carbocycles. The van der Waals surface area contributed by atoms with Crippen LogP contribution in [0.25, 0.3) is 10.8 Å². The molecule has 2 aromatic carbocycles. The number of pyridine rings is 1. The van der Waals surface area contributed by atoms with Crippen LogP contribution in [-0.4, -0.2) is 54.0 Å². The Hall–Kier alpha value is -3.41. The number of carbonyl (C=O) groups is 2. The van der Waals surface area contributed by atoms with Crippen LogP contribution in [0.4, 0.5) is 4.79 Å². The first-order valence-electron chi connectivity index (χ1n) is 13.1. The van der Waals surface area contributed by atoms with Gasteiger partial charge < -0.3 is 19.8 Å². The fraction of sp³-hybridized carbons (Fsp3) is 0.393. The maximum Gasteiger partial charge on any atom is 0.407 e. The number of ether oxygens (including phenoxy) is 2. The Balaban J connectivity index is 1.20. The third-order valence-electron chi connectivity index (χ3n) is 7.59. The summed E-state index contributed by atoms with van der Waals surface area (Å²) in [5.41, 5.74) is 0.755. The number of sulfonamides is 1. The number of rotatable bonds is 10. The number of fused-ring (bicyclic) bond motifs is 1. The first-order valence-corrected chi connectivity index (χ1v) is 15.1. The number of halogens is 1. The highest BCUT2D eigenvalue weighted by Gasteiger charge is 2.62. The fourth-order valence-corrected chi connectivity index (χ4v) is 7.72. The van der Waals surface area contributed by atoms with Gasteiger partial charge in [0.15, 0.2) is 6.07 Å². The summed E-state index contributed by atoms with van der Waals surface area (Å²) in [6.45, 7) is 0.313. The van der Waals surface area contributed by atoms with Gasteiger partial charge in [-0.05, 0) is 61.4 Å². The molecule has 0 radical (unpaired) electrons. The topological polar surface area (TPSA) is 135 Å². The van der Waals surface area contributed by atoms with Gasteiger partial charge in [-0.15, -0.1) is 0 Å². The van der Waals surface area contributed by atoms with Crippen LogP contribution in [0.5, 0.6) is 0 Å². The lowest BCUT2D eigenvalue weighted by atomic mass is 10.1. The summed E-state index contributed by atoms with van der Waals surface area (Å²) in [7, 11) is -3.92. The van der Waals surface area contributed by atoms with Crippen LogP contribution in [-0.2, 0) is 37.3 Å². The zero-order chi connectivity index (χ0) is 28.3. The number of hydrogen-bond acceptors (Lipinski definition) is 7. The number of H-pyrrole nitrogens is 1. The summed E-state index contributed by atoms with van der Waals surface area (Å²) >= 11 is 5.39. The molecule has 10 nitrogen and oxygen atoms in total. The van der Waals surface area contributed by atoms with Gasteiger partial charge in [-0.3, -0.25) is 9.59 Å². The fourth-order valence-electron chi connectivity index (χ4n) is 5.52. The van der Waals surface area contributed by atoms with E-state index in [0.29, 0.717) is 42.9 Å². The van der Waals surface area contributed by atoms with E-state index >= 15 is 0 Å². The molecule has 12 heteroatoms. The third-order valence-corrected chi connectivity index (χ3v) is 9.73. The average molecular weight is 588 g/mol. The highest BCUT2D eigenvalue weighted by Crippen LogP contribution is 2.52. The quantitative estimate of drug-likeness (QED) is 0.272. The molecule has 0 bridgehead atoms. The Labute approximate surface area is 236 Å². The van der Waals surface area contributed by atoms with Crippen molar-refractivity contribution in [2.24, 2.45) is 0 Å². The lowest BCUT2D eigenvalue weighted by molar-refractivity contribution is -0.141. The van der Waals surface area contributed by atoms with Crippen molar-refractivity contribution in [1.82, 2.24) is 14.6 Å². The standard InChI is InChI=1S/C28H30ClN3O7S/c29-18-39-25(33)9-2-5-19-4-1-6-20(16-19)17-38-27(35)31-24-11-15-32(28(24)12-13-28)40(36,37)23-8-3-7-22-21(23)10-14-30-26(22)34/h1,3-4,6-8,10,14,16,24H,2,5,9,11-13,15,17-18H2,(H,30,34)(H,31,35). The predicted molar refractivity (Wildman–Crippen MR) is 148 cm³/mol. The Morgan fingerprint density at radius 2 is 1.85 bits per heavy atom. The van der Waals surface area contributed by atoms with Gasteiger partial charge in [0.25, 0.3) is 5.56 Å². The molecule has 40 heavy (non-hydrogen) atoms. The van der Waals surface area contributed by atoms with Crippen molar-refractivity contribution in [2.45, 2.75) is 61.6 Å². The summed E-state index contributed by atoms with van der Waals surface area (Å²) < 4.78 is 39.2. The number of esters is 1. The highest BCUT2D eigenvalue weighted by atomic mass is 35.5. The number of nitrogens with one attached hydrogen (secondary N) is 2. The predicted octanol–water partition coefficient (Wildman–Crippen LogP) is 3.81. The van der Waals surface area contributed by atoms with Crippen molar-refractivity contribution in [3.05, 3.63) is 76.2 Å². The number of alkyl halides is 1. The minimum absolute atomic E-state index is 0.0558. The van der Waals surface area contributed by atoms with E-state index < -0.39 is 21.7 Å². The van der Waals surface area contributed by atoms with Crippen molar-refractivity contribution in [3.8, 4) is 0 Å². The summed E-state index contributed by atoms with van der Waals surface area (Å²) in [6.07, 6.45) is 4.09. The van der Waals surface area contributed by atoms with E-state index in [-0.39, 0.29) is 48.1 Å². The molecule has 5 rings (SSSR count). The van der Waals surface area contributed by atoms with Crippen LogP contribution in [0.3, 0.4) is 0 Å². The lowest BCUT2D eigenvalue weighted by Crippen LogP contribution is -2.48. The molecule has 2 heterocycles. The zero-order valence-electron chi connectivity index (χ0n) is 21.7. The molecule has 3 aromatic rings. The highest BCUT2D eigenvalue weighted by molar-refractivity contribution is 7.89. The minimum atomic E-state index is -3.92. The number of hydrogen-bond donors (Lipinski definition) is 2. The molecular formula is C28H30ClN3O7S. The van der Waals surface area contributed by atoms with Crippen LogP contribution in [0.1, 0.15) is 43.2 Å². The van der Waals surface area contributed by atoms with Crippen molar-refractivity contribution >= 4 is 44.5 Å². The van der Waals surface area contributed by atoms with Gasteiger partial charge in [0.1, 0.15) is 6.61 Å². The second-order valence-electron chi connectivity index (χ2n) is 10.1. The molecule has 1 aliphatic carbocycles. The molecule has 1 aromatic heterocycles. The Morgan fingerprint density at radius 3 is 2.62 bits per heavy atom. The minimum Gasteiger partial charge on any atom is -0.449 e. The number of aromatic nitrogens is 1. The largest absolute Gasteiger partial charge is 0.449 e. The number of amides is 1. The van der Waals surface area contributed by atoms with E-state index in [2.05, 4.69) is 10.3 Å². The SMILES string of the molecule is O=C(CCCc1cccc(COC(=O)NC2CCN(S(=O)(=O)c3cccc4c(=O)[nH]ccc34)C23CC3)c1)OCCl. The van der Waals surface area contributed by atoms with Gasteiger partial charge in [-0.25, -0.2) is 13.2 Å². The average Bonchev–Trinajstić information content (AvgIpc) is 3.64. The summed E-state index contributed by atoms with van der Waals surface area (Å²) in [6, 6.07) is 13.3. The van der Waals surface area contributed by atoms with Crippen LogP contribution in [0, 0.1) is 0 Å². The van der Waals surface area contributed by atoms with E-state index in [1.165, 1.54) is 16.6 Å². The van der Waals surface area contributed by atoms with Crippen LogP contribution >= 0.6 is 11.6 Å². The molecule has 2 N–H and O–H groups in total. The number of aryl methyl sites for hydroxylation is 1. The number of nitrogens with zero attached hydrogens (tertiary/aromatic N) is 1. The van der Waals surface area contributed by atoms with Gasteiger partial charge in [-0.2, -0.15) is 4.31 Å². The second kappa shape index (κ2) is 11.6. The molecule has 1 atom stereocenters. The summed E-state index contributed by atoms with van der Waals surface area (Å²) in [4.78, 5) is 39.1. The van der Waals surface area contributed by atoms with E-state index in [1.807, 2.05) is 24.3 Å². The molecule has 2 aliphatic rings. The lowest BCUT2D eigenvalue weighted by Gasteiger charge is -2.28. The molecule has 212 valence electrons. The number of aromatic amines is 1. The molecule has 1 amide bonds. The third kappa shape index (κ3) is 5.72. The van der Waals surface area contributed by atoms with Gasteiger partial charge in [0, 0.05) is 29.9 Å². The molecule has 1 unspecified atom stereocenters. The first kappa shape index (κ1) is 28.1. The van der Waals surface area contributed by atoms with Gasteiger partial charge >= 0.3 is 12.1 Å². The Bertz CT molecular complexity index is 1590. The maximum atomic E-state index is 13.8. The van der Waals surface area contributed by atoms with E-state index in [4.69, 9.17) is 21.1 Å². The number of alkyl carbamates (subject to hydrolysis) is 1. The summed E-state index contributed by atoms with van der Waals surface area (Å²) in [5, 5.41) is 3.57. The van der Waals surface area contributed by atoms with Crippen LogP contribution in [0.2, 0.25) is 0 Å². The number of carbonyl (C=O) groups excluding carboxylic acids is 2. The van der Waals surface area contributed by atoms with Crippen molar-refractivity contribution < 1.29 is 27.5 Å². The maximum absolute atomic E-state index is 13.8. The van der Waals surface area contributed by atoms with Crippen molar-refractivity contribution in [1.29, 1.82) is 0 Å². The first-order chi connectivity index (χ1) is 19.2. The second-order valence-corrected chi connectivity index (χ2v) is 12.1. The van der Waals surface area contributed by atoms with Crippen molar-refractivity contribution in [3.63, 3.8) is 0 Å². The van der Waals surface area contributed by atoms with Crippen LogP contribution < -0.4 is 10.9 Å². The van der Waals surface area contributed by atoms with Gasteiger partial charge in [0.05, 0.1) is 16.5 Å². The molecule has 1 saturated heterocycles. The van der Waals surface area contributed by atoms with Crippen LogP contribution in [0.15, 0.2) is 64.4 Å². The smallest absolute Gasteiger partial charge is 0.407 e. The Morgan fingerprint density at radius 1 is 1.07 bits per heavy atom. The van der Waals surface area contributed by atoms with E-state index in [0.717, 1.165) is 11.1 Å². The Kier molecular flexibility index (Phi) is 8.16. The zero-order valence-corrected chi connectivity index (χ0v) is 23.3. The monoisotopic (exact) mass is 587 g/mol. The molecule has 1 spiro atoms. The summed E-state index contributed by atoms with van der Waals surface area (Å²) in [5.74, 6) is -0.342. The van der Waals surface area contributed by atoms with Gasteiger partial charge in [0.2, 0.25) is 10.0 Å². The molecule has 1 aliphatic heterocycles. The van der Waals surface area contributed by atoms with Crippen molar-refractivity contribution in [2.75, 3.05) is 12.6 Å².